The van der Waals surface area contributed by atoms with E-state index in [1.807, 2.05) is 0 Å². The number of hydrogen-bond donors (Lipinski definition) is 0. The number of nitro groups is 1. The zero-order chi connectivity index (χ0) is 9.14. The van der Waals surface area contributed by atoms with Crippen molar-refractivity contribution in [2.75, 3.05) is 6.26 Å². The van der Waals surface area contributed by atoms with Gasteiger partial charge in [-0.1, -0.05) is 0 Å². The van der Waals surface area contributed by atoms with E-state index in [-0.39, 0.29) is 5.69 Å². The lowest BCUT2D eigenvalue weighted by molar-refractivity contribution is -0.387. The molecule has 0 aliphatic carbocycles. The second-order valence-electron chi connectivity index (χ2n) is 1.90. The van der Waals surface area contributed by atoms with E-state index in [2.05, 4.69) is 0 Å². The van der Waals surface area contributed by atoms with Gasteiger partial charge in [-0.05, 0) is 6.26 Å². The molecule has 1 aromatic heterocycles. The molecule has 0 atom stereocenters. The van der Waals surface area contributed by atoms with Gasteiger partial charge in [-0.25, -0.2) is 0 Å². The van der Waals surface area contributed by atoms with Gasteiger partial charge in [0.1, 0.15) is 4.21 Å². The van der Waals surface area contributed by atoms with Crippen molar-refractivity contribution in [1.82, 2.24) is 0 Å². The van der Waals surface area contributed by atoms with Crippen molar-refractivity contribution in [1.29, 1.82) is 0 Å². The van der Waals surface area contributed by atoms with Gasteiger partial charge in [0.2, 0.25) is 0 Å². The summed E-state index contributed by atoms with van der Waals surface area (Å²) >= 11 is 2.42. The van der Waals surface area contributed by atoms with E-state index in [4.69, 9.17) is 0 Å². The van der Waals surface area contributed by atoms with Crippen LogP contribution in [0.1, 0.15) is 9.67 Å². The highest BCUT2D eigenvalue weighted by Gasteiger charge is 2.17. The molecule has 0 spiro atoms. The number of carbonyl (C=O) groups is 1. The SMILES string of the molecule is CSc1sc(C=O)cc1[N+](=O)[O-]. The van der Waals surface area contributed by atoms with Crippen molar-refractivity contribution in [3.8, 4) is 0 Å². The Morgan fingerprint density at radius 1 is 1.75 bits per heavy atom. The normalized spacial score (nSPS) is 9.75. The predicted octanol–water partition coefficient (Wildman–Crippen LogP) is 2.19. The number of thioether (sulfide) groups is 1. The second-order valence-corrected chi connectivity index (χ2v) is 4.06. The number of nitrogens with zero attached hydrogens (tertiary/aromatic N) is 1. The number of carbonyl (C=O) groups excluding carboxylic acids is 1. The molecule has 1 rings (SSSR count). The fraction of sp³-hybridized carbons (Fsp3) is 0.167. The molecule has 0 saturated carbocycles. The third-order valence-corrected chi connectivity index (χ3v) is 3.37. The molecule has 0 aromatic carbocycles. The molecule has 1 heterocycles. The van der Waals surface area contributed by atoms with E-state index in [1.165, 1.54) is 17.8 Å². The van der Waals surface area contributed by atoms with Crippen molar-refractivity contribution >= 4 is 35.1 Å². The van der Waals surface area contributed by atoms with Crippen molar-refractivity contribution < 1.29 is 9.72 Å². The molecule has 0 aliphatic rings. The van der Waals surface area contributed by atoms with Crippen LogP contribution in [0.25, 0.3) is 0 Å². The minimum atomic E-state index is -0.477. The number of rotatable bonds is 3. The number of hydrogen-bond acceptors (Lipinski definition) is 5. The number of aldehydes is 1. The fourth-order valence-corrected chi connectivity index (χ4v) is 2.35. The zero-order valence-corrected chi connectivity index (χ0v) is 7.78. The topological polar surface area (TPSA) is 60.2 Å². The summed E-state index contributed by atoms with van der Waals surface area (Å²) < 4.78 is 0.571. The molecule has 0 unspecified atom stereocenters. The molecule has 12 heavy (non-hydrogen) atoms. The van der Waals surface area contributed by atoms with Crippen LogP contribution in [0.5, 0.6) is 0 Å². The predicted molar refractivity (Wildman–Crippen MR) is 48.1 cm³/mol. The summed E-state index contributed by atoms with van der Waals surface area (Å²) in [5, 5.41) is 10.4. The maximum Gasteiger partial charge on any atom is 0.294 e. The Hall–Kier alpha value is -0.880. The maximum absolute atomic E-state index is 10.4. The third kappa shape index (κ3) is 1.64. The Balaban J connectivity index is 3.16. The molecule has 1 aromatic rings. The van der Waals surface area contributed by atoms with Crippen LogP contribution in [0.4, 0.5) is 5.69 Å². The fourth-order valence-electron chi connectivity index (χ4n) is 0.714. The van der Waals surface area contributed by atoms with Crippen molar-refractivity contribution in [3.05, 3.63) is 21.1 Å². The lowest BCUT2D eigenvalue weighted by Gasteiger charge is -1.87. The van der Waals surface area contributed by atoms with Crippen LogP contribution in [-0.4, -0.2) is 17.5 Å². The van der Waals surface area contributed by atoms with Crippen LogP contribution in [-0.2, 0) is 0 Å². The molecule has 0 bridgehead atoms. The summed E-state index contributed by atoms with van der Waals surface area (Å²) in [4.78, 5) is 20.6. The van der Waals surface area contributed by atoms with Crippen LogP contribution in [0.3, 0.4) is 0 Å². The summed E-state index contributed by atoms with van der Waals surface area (Å²) in [5.74, 6) is 0. The first kappa shape index (κ1) is 9.21. The van der Waals surface area contributed by atoms with Gasteiger partial charge in [-0.3, -0.25) is 14.9 Å². The van der Waals surface area contributed by atoms with Gasteiger partial charge in [-0.15, -0.1) is 23.1 Å². The first-order chi connectivity index (χ1) is 5.69. The van der Waals surface area contributed by atoms with E-state index in [9.17, 15) is 14.9 Å². The molecule has 0 radical (unpaired) electrons. The average molecular weight is 203 g/mol. The summed E-state index contributed by atoms with van der Waals surface area (Å²) in [6.07, 6.45) is 2.37. The molecule has 6 heteroatoms. The van der Waals surface area contributed by atoms with Gasteiger partial charge < -0.3 is 0 Å². The molecule has 4 nitrogen and oxygen atoms in total. The van der Waals surface area contributed by atoms with E-state index in [0.29, 0.717) is 15.4 Å². The Bertz CT molecular complexity index is 321. The lowest BCUT2D eigenvalue weighted by atomic mass is 10.4. The lowest BCUT2D eigenvalue weighted by Crippen LogP contribution is -1.85. The highest BCUT2D eigenvalue weighted by atomic mass is 32.2. The molecule has 64 valence electrons. The third-order valence-electron chi connectivity index (χ3n) is 1.20. The molecule has 0 aliphatic heterocycles. The van der Waals surface area contributed by atoms with E-state index in [1.54, 1.807) is 6.26 Å². The minimum absolute atomic E-state index is 0.0228. The molecule has 0 saturated heterocycles. The Morgan fingerprint density at radius 2 is 2.42 bits per heavy atom. The summed E-state index contributed by atoms with van der Waals surface area (Å²) in [6, 6.07) is 1.30. The quantitative estimate of drug-likeness (QED) is 0.327. The number of thiophene rings is 1. The van der Waals surface area contributed by atoms with Gasteiger partial charge in [-0.2, -0.15) is 0 Å². The van der Waals surface area contributed by atoms with Gasteiger partial charge in [0.05, 0.1) is 9.80 Å². The van der Waals surface area contributed by atoms with Crippen molar-refractivity contribution in [2.24, 2.45) is 0 Å². The Labute approximate surface area is 76.7 Å². The first-order valence-electron chi connectivity index (χ1n) is 2.96. The molecule has 0 N–H and O–H groups in total. The second kappa shape index (κ2) is 3.68. The largest absolute Gasteiger partial charge is 0.297 e. The molecule has 0 amide bonds. The van der Waals surface area contributed by atoms with Crippen LogP contribution in [0.2, 0.25) is 0 Å². The van der Waals surface area contributed by atoms with E-state index in [0.717, 1.165) is 11.3 Å². The highest BCUT2D eigenvalue weighted by Crippen LogP contribution is 2.35. The summed E-state index contributed by atoms with van der Waals surface area (Å²) in [5.41, 5.74) is 0.0228. The van der Waals surface area contributed by atoms with Gasteiger partial charge >= 0.3 is 0 Å². The van der Waals surface area contributed by atoms with Gasteiger partial charge in [0, 0.05) is 6.07 Å². The van der Waals surface area contributed by atoms with Crippen LogP contribution < -0.4 is 0 Å². The van der Waals surface area contributed by atoms with Crippen LogP contribution >= 0.6 is 23.1 Å². The van der Waals surface area contributed by atoms with Gasteiger partial charge in [0.15, 0.2) is 6.29 Å². The molecular weight excluding hydrogens is 198 g/mol. The minimum Gasteiger partial charge on any atom is -0.297 e. The summed E-state index contributed by atoms with van der Waals surface area (Å²) in [7, 11) is 0. The standard InChI is InChI=1S/C6H5NO3S2/c1-11-6-5(7(9)10)2-4(3-8)12-6/h2-3H,1H3. The van der Waals surface area contributed by atoms with Gasteiger partial charge in [0.25, 0.3) is 5.69 Å². The summed E-state index contributed by atoms with van der Waals surface area (Å²) in [6.45, 7) is 0. The maximum atomic E-state index is 10.4. The van der Waals surface area contributed by atoms with Crippen molar-refractivity contribution in [2.45, 2.75) is 4.21 Å². The monoisotopic (exact) mass is 203 g/mol. The Morgan fingerprint density at radius 3 is 2.75 bits per heavy atom. The molecular formula is C6H5NO3S2. The van der Waals surface area contributed by atoms with Crippen molar-refractivity contribution in [3.63, 3.8) is 0 Å². The smallest absolute Gasteiger partial charge is 0.294 e. The van der Waals surface area contributed by atoms with Crippen LogP contribution in [0, 0.1) is 10.1 Å². The van der Waals surface area contributed by atoms with E-state index >= 15 is 0 Å². The average Bonchev–Trinajstić information content (AvgIpc) is 2.47. The Kier molecular flexibility index (Phi) is 2.83. The first-order valence-corrected chi connectivity index (χ1v) is 5.00. The van der Waals surface area contributed by atoms with Crippen LogP contribution in [0.15, 0.2) is 10.3 Å². The van der Waals surface area contributed by atoms with E-state index < -0.39 is 4.92 Å². The molecule has 0 fully saturated rings. The zero-order valence-electron chi connectivity index (χ0n) is 6.14. The highest BCUT2D eigenvalue weighted by molar-refractivity contribution is 8.00.